The zero-order valence-electron chi connectivity index (χ0n) is 9.08. The average Bonchev–Trinajstić information content (AvgIpc) is 2.16. The summed E-state index contributed by atoms with van der Waals surface area (Å²) in [5.41, 5.74) is 3.43. The zero-order valence-corrected chi connectivity index (χ0v) is 9.08. The summed E-state index contributed by atoms with van der Waals surface area (Å²) in [5.74, 6) is 7.33. The van der Waals surface area contributed by atoms with Crippen LogP contribution in [0.2, 0.25) is 0 Å². The van der Waals surface area contributed by atoms with Crippen LogP contribution in [0.4, 0.5) is 5.82 Å². The first-order valence-electron chi connectivity index (χ1n) is 5.19. The van der Waals surface area contributed by atoms with Crippen molar-refractivity contribution in [1.82, 2.24) is 9.97 Å². The maximum absolute atomic E-state index is 5.76. The summed E-state index contributed by atoms with van der Waals surface area (Å²) >= 11 is 0. The molecule has 1 heterocycles. The fraction of sp³-hybridized carbons (Fsp3) is 0.600. The number of aromatic nitrogens is 2. The average molecular weight is 208 g/mol. The van der Waals surface area contributed by atoms with Crippen LogP contribution in [0.5, 0.6) is 5.88 Å². The number of nitrogens with zero attached hydrogens (tertiary/aromatic N) is 2. The Kier molecular flexibility index (Phi) is 2.73. The van der Waals surface area contributed by atoms with E-state index in [0.29, 0.717) is 23.6 Å². The lowest BCUT2D eigenvalue weighted by Crippen LogP contribution is -2.26. The molecule has 0 unspecified atom stereocenters. The molecule has 0 aromatic carbocycles. The highest BCUT2D eigenvalue weighted by molar-refractivity contribution is 5.47. The van der Waals surface area contributed by atoms with E-state index in [1.807, 2.05) is 13.8 Å². The lowest BCUT2D eigenvalue weighted by atomic mass is 9.96. The van der Waals surface area contributed by atoms with E-state index >= 15 is 0 Å². The summed E-state index contributed by atoms with van der Waals surface area (Å²) in [4.78, 5) is 8.45. The van der Waals surface area contributed by atoms with E-state index in [4.69, 9.17) is 10.6 Å². The molecule has 1 aliphatic carbocycles. The minimum atomic E-state index is 0.323. The minimum absolute atomic E-state index is 0.323. The molecule has 0 atom stereocenters. The molecule has 1 fully saturated rings. The first-order chi connectivity index (χ1) is 7.20. The molecule has 1 aliphatic rings. The molecule has 0 saturated heterocycles. The topological polar surface area (TPSA) is 73.1 Å². The molecule has 1 saturated carbocycles. The van der Waals surface area contributed by atoms with Gasteiger partial charge in [-0.15, -0.1) is 0 Å². The Bertz CT molecular complexity index is 363. The fourth-order valence-corrected chi connectivity index (χ4v) is 1.50. The summed E-state index contributed by atoms with van der Waals surface area (Å²) in [7, 11) is 0. The molecular formula is C10H16N4O. The number of nitrogens with two attached hydrogens (primary N) is 1. The van der Waals surface area contributed by atoms with Crippen LogP contribution in [0.25, 0.3) is 0 Å². The molecule has 0 bridgehead atoms. The molecule has 2 rings (SSSR count). The molecule has 1 aromatic rings. The zero-order chi connectivity index (χ0) is 10.8. The minimum Gasteiger partial charge on any atom is -0.474 e. The molecule has 1 aromatic heterocycles. The summed E-state index contributed by atoms with van der Waals surface area (Å²) in [6, 6.07) is 0. The van der Waals surface area contributed by atoms with Crippen molar-refractivity contribution in [1.29, 1.82) is 0 Å². The Hall–Kier alpha value is -1.36. The summed E-state index contributed by atoms with van der Waals surface area (Å²) in [6.45, 7) is 3.73. The van der Waals surface area contributed by atoms with Crippen LogP contribution in [0.15, 0.2) is 0 Å². The second kappa shape index (κ2) is 4.02. The van der Waals surface area contributed by atoms with Gasteiger partial charge in [-0.25, -0.2) is 10.8 Å². The SMILES string of the molecule is Cc1nc(NN)c(C)c(OC2CCC2)n1. The van der Waals surface area contributed by atoms with Gasteiger partial charge in [0.1, 0.15) is 17.7 Å². The van der Waals surface area contributed by atoms with Gasteiger partial charge in [0.15, 0.2) is 0 Å². The lowest BCUT2D eigenvalue weighted by molar-refractivity contribution is 0.113. The third-order valence-electron chi connectivity index (χ3n) is 2.68. The van der Waals surface area contributed by atoms with E-state index in [0.717, 1.165) is 18.4 Å². The van der Waals surface area contributed by atoms with E-state index in [9.17, 15) is 0 Å². The highest BCUT2D eigenvalue weighted by Gasteiger charge is 2.21. The second-order valence-corrected chi connectivity index (χ2v) is 3.86. The van der Waals surface area contributed by atoms with Crippen LogP contribution in [0, 0.1) is 13.8 Å². The van der Waals surface area contributed by atoms with Crippen LogP contribution >= 0.6 is 0 Å². The molecular weight excluding hydrogens is 192 g/mol. The van der Waals surface area contributed by atoms with Gasteiger partial charge in [0.25, 0.3) is 0 Å². The summed E-state index contributed by atoms with van der Waals surface area (Å²) in [6.07, 6.45) is 3.81. The highest BCUT2D eigenvalue weighted by atomic mass is 16.5. The number of nitrogens with one attached hydrogen (secondary N) is 1. The molecule has 82 valence electrons. The first-order valence-corrected chi connectivity index (χ1v) is 5.19. The van der Waals surface area contributed by atoms with Crippen LogP contribution in [-0.4, -0.2) is 16.1 Å². The van der Waals surface area contributed by atoms with Gasteiger partial charge in [0, 0.05) is 0 Å². The largest absolute Gasteiger partial charge is 0.474 e. The number of hydrogen-bond donors (Lipinski definition) is 2. The van der Waals surface area contributed by atoms with Gasteiger partial charge >= 0.3 is 0 Å². The van der Waals surface area contributed by atoms with Crippen molar-refractivity contribution in [3.05, 3.63) is 11.4 Å². The summed E-state index contributed by atoms with van der Waals surface area (Å²) < 4.78 is 5.76. The third-order valence-corrected chi connectivity index (χ3v) is 2.68. The molecule has 15 heavy (non-hydrogen) atoms. The molecule has 5 nitrogen and oxygen atoms in total. The van der Waals surface area contributed by atoms with Crippen LogP contribution in [0.1, 0.15) is 30.7 Å². The third kappa shape index (κ3) is 2.02. The number of ether oxygens (including phenoxy) is 1. The fourth-order valence-electron chi connectivity index (χ4n) is 1.50. The van der Waals surface area contributed by atoms with E-state index in [1.165, 1.54) is 6.42 Å². The van der Waals surface area contributed by atoms with Gasteiger partial charge in [-0.05, 0) is 33.1 Å². The van der Waals surface area contributed by atoms with E-state index in [1.54, 1.807) is 0 Å². The highest BCUT2D eigenvalue weighted by Crippen LogP contribution is 2.28. The number of rotatable bonds is 3. The van der Waals surface area contributed by atoms with E-state index < -0.39 is 0 Å². The molecule has 0 amide bonds. The normalized spacial score (nSPS) is 15.9. The van der Waals surface area contributed by atoms with Crippen LogP contribution in [-0.2, 0) is 0 Å². The van der Waals surface area contributed by atoms with Crippen molar-refractivity contribution in [2.75, 3.05) is 5.43 Å². The van der Waals surface area contributed by atoms with E-state index in [-0.39, 0.29) is 0 Å². The van der Waals surface area contributed by atoms with Gasteiger partial charge < -0.3 is 10.2 Å². The van der Waals surface area contributed by atoms with Crippen molar-refractivity contribution < 1.29 is 4.74 Å². The van der Waals surface area contributed by atoms with Crippen molar-refractivity contribution >= 4 is 5.82 Å². The van der Waals surface area contributed by atoms with Gasteiger partial charge in [0.2, 0.25) is 5.88 Å². The number of aryl methyl sites for hydroxylation is 1. The van der Waals surface area contributed by atoms with Gasteiger partial charge in [0.05, 0.1) is 5.56 Å². The Morgan fingerprint density at radius 3 is 2.60 bits per heavy atom. The Labute approximate surface area is 89.0 Å². The molecule has 3 N–H and O–H groups in total. The molecule has 5 heteroatoms. The van der Waals surface area contributed by atoms with Crippen LogP contribution in [0.3, 0.4) is 0 Å². The van der Waals surface area contributed by atoms with Gasteiger partial charge in [-0.3, -0.25) is 0 Å². The standard InChI is InChI=1S/C10H16N4O/c1-6-9(14-11)12-7(2)13-10(6)15-8-4-3-5-8/h8H,3-5,11H2,1-2H3,(H,12,13,14). The predicted molar refractivity (Wildman–Crippen MR) is 57.6 cm³/mol. The van der Waals surface area contributed by atoms with Gasteiger partial charge in [-0.2, -0.15) is 4.98 Å². The quantitative estimate of drug-likeness (QED) is 0.578. The predicted octanol–water partition coefficient (Wildman–Crippen LogP) is 1.31. The second-order valence-electron chi connectivity index (χ2n) is 3.86. The monoisotopic (exact) mass is 208 g/mol. The maximum atomic E-state index is 5.76. The Morgan fingerprint density at radius 2 is 2.07 bits per heavy atom. The first kappa shape index (κ1) is 10.2. The Morgan fingerprint density at radius 1 is 1.33 bits per heavy atom. The smallest absolute Gasteiger partial charge is 0.222 e. The van der Waals surface area contributed by atoms with Gasteiger partial charge in [-0.1, -0.05) is 0 Å². The van der Waals surface area contributed by atoms with Crippen molar-refractivity contribution in [2.45, 2.75) is 39.2 Å². The summed E-state index contributed by atoms with van der Waals surface area (Å²) in [5, 5.41) is 0. The number of hydrogen-bond acceptors (Lipinski definition) is 5. The van der Waals surface area contributed by atoms with Crippen molar-refractivity contribution in [3.8, 4) is 5.88 Å². The van der Waals surface area contributed by atoms with Crippen molar-refractivity contribution in [2.24, 2.45) is 5.84 Å². The van der Waals surface area contributed by atoms with Crippen molar-refractivity contribution in [3.63, 3.8) is 0 Å². The maximum Gasteiger partial charge on any atom is 0.222 e. The Balaban J connectivity index is 2.24. The van der Waals surface area contributed by atoms with Crippen LogP contribution < -0.4 is 16.0 Å². The van der Waals surface area contributed by atoms with E-state index in [2.05, 4.69) is 15.4 Å². The number of anilines is 1. The number of hydrazine groups is 1. The molecule has 0 spiro atoms. The molecule has 0 aliphatic heterocycles. The lowest BCUT2D eigenvalue weighted by Gasteiger charge is -2.26. The molecule has 0 radical (unpaired) electrons. The number of nitrogen functional groups attached to an aromatic ring is 1.